The number of hydrogen-bond acceptors (Lipinski definition) is 1. The molecular formula is C13H17NS. The zero-order valence-corrected chi connectivity index (χ0v) is 10.1. The molecule has 80 valence electrons. The van der Waals surface area contributed by atoms with Crippen molar-refractivity contribution in [3.8, 4) is 0 Å². The number of thiocarbonyl (C=S) groups is 1. The minimum absolute atomic E-state index is 0.375. The van der Waals surface area contributed by atoms with E-state index in [9.17, 15) is 0 Å². The Morgan fingerprint density at radius 3 is 2.47 bits per heavy atom. The van der Waals surface area contributed by atoms with Gasteiger partial charge in [-0.15, -0.1) is 6.58 Å². The highest BCUT2D eigenvalue weighted by molar-refractivity contribution is 7.80. The van der Waals surface area contributed by atoms with Gasteiger partial charge >= 0.3 is 0 Å². The Kier molecular flexibility index (Phi) is 4.50. The van der Waals surface area contributed by atoms with Gasteiger partial charge in [-0.25, -0.2) is 0 Å². The number of benzene rings is 1. The molecule has 0 bridgehead atoms. The Morgan fingerprint density at radius 2 is 2.00 bits per heavy atom. The topological polar surface area (TPSA) is 3.24 Å². The van der Waals surface area contributed by atoms with E-state index in [1.165, 1.54) is 0 Å². The lowest BCUT2D eigenvalue weighted by molar-refractivity contribution is 0.869. The zero-order valence-electron chi connectivity index (χ0n) is 9.31. The van der Waals surface area contributed by atoms with Crippen LogP contribution < -0.4 is 4.90 Å². The molecule has 0 heterocycles. The average Bonchev–Trinajstić information content (AvgIpc) is 2.26. The fraction of sp³-hybridized carbons (Fsp3) is 0.308. The first kappa shape index (κ1) is 11.9. The molecule has 2 heteroatoms. The van der Waals surface area contributed by atoms with Crippen molar-refractivity contribution < 1.29 is 0 Å². The standard InChI is InChI=1S/C13H17NS/c1-4-10-14(13(15)11(2)3)12-8-6-5-7-9-12/h4-9,11H,1,10H2,2-3H3. The molecule has 0 saturated heterocycles. The Hall–Kier alpha value is -1.15. The minimum atomic E-state index is 0.375. The van der Waals surface area contributed by atoms with E-state index in [4.69, 9.17) is 12.2 Å². The predicted octanol–water partition coefficient (Wildman–Crippen LogP) is 3.66. The number of rotatable bonds is 4. The van der Waals surface area contributed by atoms with Crippen LogP contribution in [0.25, 0.3) is 0 Å². The van der Waals surface area contributed by atoms with Crippen molar-refractivity contribution in [2.45, 2.75) is 13.8 Å². The van der Waals surface area contributed by atoms with Gasteiger partial charge in [0.05, 0.1) is 4.99 Å². The van der Waals surface area contributed by atoms with Gasteiger partial charge in [-0.1, -0.05) is 50.3 Å². The van der Waals surface area contributed by atoms with E-state index < -0.39 is 0 Å². The summed E-state index contributed by atoms with van der Waals surface area (Å²) >= 11 is 5.42. The van der Waals surface area contributed by atoms with Crippen LogP contribution in [0.5, 0.6) is 0 Å². The highest BCUT2D eigenvalue weighted by Crippen LogP contribution is 2.17. The van der Waals surface area contributed by atoms with E-state index in [2.05, 4.69) is 37.5 Å². The molecule has 0 aliphatic heterocycles. The van der Waals surface area contributed by atoms with E-state index in [1.807, 2.05) is 24.3 Å². The number of nitrogens with zero attached hydrogens (tertiary/aromatic N) is 1. The monoisotopic (exact) mass is 219 g/mol. The van der Waals surface area contributed by atoms with E-state index in [0.717, 1.165) is 17.2 Å². The van der Waals surface area contributed by atoms with Crippen LogP contribution in [0.3, 0.4) is 0 Å². The summed E-state index contributed by atoms with van der Waals surface area (Å²) in [4.78, 5) is 3.08. The maximum Gasteiger partial charge on any atom is 0.0852 e. The molecule has 0 fully saturated rings. The van der Waals surface area contributed by atoms with Crippen LogP contribution in [0.2, 0.25) is 0 Å². The van der Waals surface area contributed by atoms with E-state index in [-0.39, 0.29) is 0 Å². The van der Waals surface area contributed by atoms with Crippen molar-refractivity contribution in [2.24, 2.45) is 5.92 Å². The van der Waals surface area contributed by atoms with E-state index >= 15 is 0 Å². The molecule has 0 spiro atoms. The summed E-state index contributed by atoms with van der Waals surface area (Å²) in [5.74, 6) is 0.375. The molecule has 1 aromatic rings. The van der Waals surface area contributed by atoms with Crippen molar-refractivity contribution in [3.63, 3.8) is 0 Å². The summed E-state index contributed by atoms with van der Waals surface area (Å²) in [6, 6.07) is 10.2. The third-order valence-corrected chi connectivity index (χ3v) is 2.83. The van der Waals surface area contributed by atoms with Crippen LogP contribution in [0.15, 0.2) is 43.0 Å². The van der Waals surface area contributed by atoms with Crippen molar-refractivity contribution in [1.29, 1.82) is 0 Å². The second-order valence-electron chi connectivity index (χ2n) is 3.73. The van der Waals surface area contributed by atoms with Gasteiger partial charge in [0.2, 0.25) is 0 Å². The Labute approximate surface area is 97.4 Å². The SMILES string of the molecule is C=CCN(C(=S)C(C)C)c1ccccc1. The summed E-state index contributed by atoms with van der Waals surface area (Å²) in [5, 5.41) is 0. The van der Waals surface area contributed by atoms with Crippen molar-refractivity contribution in [1.82, 2.24) is 0 Å². The minimum Gasteiger partial charge on any atom is -0.332 e. The highest BCUT2D eigenvalue weighted by atomic mass is 32.1. The molecule has 15 heavy (non-hydrogen) atoms. The van der Waals surface area contributed by atoms with Crippen LogP contribution in [0, 0.1) is 5.92 Å². The van der Waals surface area contributed by atoms with Gasteiger partial charge < -0.3 is 4.90 Å². The molecule has 0 unspecified atom stereocenters. The van der Waals surface area contributed by atoms with E-state index in [0.29, 0.717) is 5.92 Å². The molecule has 1 rings (SSSR count). The Bertz CT molecular complexity index is 330. The largest absolute Gasteiger partial charge is 0.332 e. The quantitative estimate of drug-likeness (QED) is 0.561. The van der Waals surface area contributed by atoms with Crippen LogP contribution in [-0.2, 0) is 0 Å². The summed E-state index contributed by atoms with van der Waals surface area (Å²) in [6.45, 7) is 8.76. The summed E-state index contributed by atoms with van der Waals surface area (Å²) < 4.78 is 0. The number of hydrogen-bond donors (Lipinski definition) is 0. The first-order valence-electron chi connectivity index (χ1n) is 5.14. The molecule has 0 amide bonds. The molecular weight excluding hydrogens is 202 g/mol. The van der Waals surface area contributed by atoms with Crippen LogP contribution >= 0.6 is 12.2 Å². The molecule has 0 atom stereocenters. The van der Waals surface area contributed by atoms with Gasteiger partial charge in [-0.05, 0) is 12.1 Å². The fourth-order valence-corrected chi connectivity index (χ4v) is 1.55. The summed E-state index contributed by atoms with van der Waals surface area (Å²) in [6.07, 6.45) is 1.88. The molecule has 1 nitrogen and oxygen atoms in total. The maximum absolute atomic E-state index is 5.42. The lowest BCUT2D eigenvalue weighted by Gasteiger charge is -2.26. The lowest BCUT2D eigenvalue weighted by Crippen LogP contribution is -2.32. The second-order valence-corrected chi connectivity index (χ2v) is 4.15. The van der Waals surface area contributed by atoms with Gasteiger partial charge in [0.15, 0.2) is 0 Å². The van der Waals surface area contributed by atoms with Crippen LogP contribution in [0.4, 0.5) is 5.69 Å². The van der Waals surface area contributed by atoms with Crippen molar-refractivity contribution in [2.75, 3.05) is 11.4 Å². The molecule has 0 radical (unpaired) electrons. The number of para-hydroxylation sites is 1. The predicted molar refractivity (Wildman–Crippen MR) is 71.4 cm³/mol. The number of anilines is 1. The normalized spacial score (nSPS) is 10.1. The molecule has 0 saturated carbocycles. The molecule has 0 N–H and O–H groups in total. The Balaban J connectivity index is 2.93. The van der Waals surface area contributed by atoms with Gasteiger partial charge in [0, 0.05) is 18.2 Å². The van der Waals surface area contributed by atoms with Crippen LogP contribution in [-0.4, -0.2) is 11.5 Å². The molecule has 0 aromatic heterocycles. The molecule has 0 aliphatic rings. The summed E-state index contributed by atoms with van der Waals surface area (Å²) in [7, 11) is 0. The van der Waals surface area contributed by atoms with Gasteiger partial charge in [-0.3, -0.25) is 0 Å². The smallest absolute Gasteiger partial charge is 0.0852 e. The second kappa shape index (κ2) is 5.66. The zero-order chi connectivity index (χ0) is 11.3. The van der Waals surface area contributed by atoms with Crippen LogP contribution in [0.1, 0.15) is 13.8 Å². The maximum atomic E-state index is 5.42. The molecule has 0 aliphatic carbocycles. The first-order chi connectivity index (χ1) is 7.16. The average molecular weight is 219 g/mol. The third kappa shape index (κ3) is 3.17. The van der Waals surface area contributed by atoms with Crippen molar-refractivity contribution >= 4 is 22.9 Å². The van der Waals surface area contributed by atoms with E-state index in [1.54, 1.807) is 0 Å². The Morgan fingerprint density at radius 1 is 1.40 bits per heavy atom. The first-order valence-corrected chi connectivity index (χ1v) is 5.55. The molecule has 1 aromatic carbocycles. The van der Waals surface area contributed by atoms with Gasteiger partial charge in [0.1, 0.15) is 0 Å². The third-order valence-electron chi connectivity index (χ3n) is 2.14. The highest BCUT2D eigenvalue weighted by Gasteiger charge is 2.12. The fourth-order valence-electron chi connectivity index (χ4n) is 1.37. The summed E-state index contributed by atoms with van der Waals surface area (Å²) in [5.41, 5.74) is 1.14. The lowest BCUT2D eigenvalue weighted by atomic mass is 10.2. The van der Waals surface area contributed by atoms with Gasteiger partial charge in [0.25, 0.3) is 0 Å². The van der Waals surface area contributed by atoms with Gasteiger partial charge in [-0.2, -0.15) is 0 Å². The van der Waals surface area contributed by atoms with Crippen molar-refractivity contribution in [3.05, 3.63) is 43.0 Å².